The zero-order valence-electron chi connectivity index (χ0n) is 20.9. The molecule has 3 atom stereocenters. The Hall–Kier alpha value is -4.02. The number of aromatic nitrogens is 1. The first-order chi connectivity index (χ1) is 17.8. The lowest BCUT2D eigenvalue weighted by Crippen LogP contribution is -2.35. The second-order valence-electron chi connectivity index (χ2n) is 10.7. The first-order valence-corrected chi connectivity index (χ1v) is 12.1. The van der Waals surface area contributed by atoms with Gasteiger partial charge in [0.15, 0.2) is 0 Å². The molecule has 8 nitrogen and oxygen atoms in total. The molecule has 200 valence electrons. The molecule has 1 unspecified atom stereocenters. The molecule has 1 aliphatic heterocycles. The van der Waals surface area contributed by atoms with Crippen molar-refractivity contribution in [3.63, 3.8) is 0 Å². The van der Waals surface area contributed by atoms with Crippen LogP contribution < -0.4 is 15.6 Å². The highest BCUT2D eigenvalue weighted by atomic mass is 19.1. The number of benzene rings is 2. The summed E-state index contributed by atoms with van der Waals surface area (Å²) in [4.78, 5) is 38.3. The highest BCUT2D eigenvalue weighted by molar-refractivity contribution is 5.94. The standard InChI is InChI=1S/C27H26F3N3O5/c1-27(2,3)38-26(37)31-9-15-16-10-32(11-17(15)16)23-8-22-14(7-20(23)30)24(34)18(25(35)36)12-33(22)21-5-4-13(28)6-19(21)29/h4-8,12,15-17H,9-11H2,1-3H3,(H,31,37)(H,35,36)/t15?,16-,17+. The van der Waals surface area contributed by atoms with Gasteiger partial charge in [0.25, 0.3) is 0 Å². The molecule has 3 aromatic rings. The van der Waals surface area contributed by atoms with E-state index in [0.717, 1.165) is 29.0 Å². The average Bonchev–Trinajstić information content (AvgIpc) is 3.26. The van der Waals surface area contributed by atoms with Crippen molar-refractivity contribution >= 4 is 28.7 Å². The molecule has 1 amide bonds. The molecule has 1 aromatic heterocycles. The van der Waals surface area contributed by atoms with Gasteiger partial charge in [0.2, 0.25) is 5.43 Å². The molecule has 2 aromatic carbocycles. The topological polar surface area (TPSA) is 101 Å². The maximum absolute atomic E-state index is 15.3. The van der Waals surface area contributed by atoms with Gasteiger partial charge >= 0.3 is 12.1 Å². The Labute approximate surface area is 215 Å². The molecule has 2 heterocycles. The second-order valence-corrected chi connectivity index (χ2v) is 10.7. The summed E-state index contributed by atoms with van der Waals surface area (Å²) in [5.74, 6) is -3.38. The van der Waals surface area contributed by atoms with Gasteiger partial charge in [-0.15, -0.1) is 0 Å². The van der Waals surface area contributed by atoms with Crippen LogP contribution >= 0.6 is 0 Å². The SMILES string of the molecule is CC(C)(C)OC(=O)NCC1[C@H]2CN(c3cc4c(cc3F)c(=O)c(C(=O)O)cn4-c3ccc(F)cc3F)C[C@@H]12. The summed E-state index contributed by atoms with van der Waals surface area (Å²) >= 11 is 0. The quantitative estimate of drug-likeness (QED) is 0.511. The Morgan fingerprint density at radius 3 is 2.32 bits per heavy atom. The molecule has 2 N–H and O–H groups in total. The van der Waals surface area contributed by atoms with E-state index >= 15 is 4.39 Å². The molecule has 1 aliphatic carbocycles. The number of rotatable bonds is 5. The number of carboxylic acids is 1. The van der Waals surface area contributed by atoms with Crippen LogP contribution in [0.3, 0.4) is 0 Å². The first kappa shape index (κ1) is 25.6. The monoisotopic (exact) mass is 529 g/mol. The van der Waals surface area contributed by atoms with Crippen molar-refractivity contribution in [1.29, 1.82) is 0 Å². The van der Waals surface area contributed by atoms with Crippen LogP contribution in [0.1, 0.15) is 31.1 Å². The van der Waals surface area contributed by atoms with Crippen molar-refractivity contribution in [1.82, 2.24) is 9.88 Å². The lowest BCUT2D eigenvalue weighted by Gasteiger charge is -2.24. The number of piperidine rings is 1. The van der Waals surface area contributed by atoms with E-state index in [2.05, 4.69) is 5.32 Å². The third kappa shape index (κ3) is 4.68. The third-order valence-corrected chi connectivity index (χ3v) is 7.06. The first-order valence-electron chi connectivity index (χ1n) is 12.1. The predicted octanol–water partition coefficient (Wildman–Crippen LogP) is 4.31. The van der Waals surface area contributed by atoms with Crippen LogP contribution in [0.5, 0.6) is 0 Å². The van der Waals surface area contributed by atoms with Crippen molar-refractivity contribution in [3.05, 3.63) is 69.8 Å². The highest BCUT2D eigenvalue weighted by Crippen LogP contribution is 2.52. The van der Waals surface area contributed by atoms with E-state index in [1.165, 1.54) is 6.07 Å². The summed E-state index contributed by atoms with van der Waals surface area (Å²) in [6.45, 7) is 6.80. The summed E-state index contributed by atoms with van der Waals surface area (Å²) in [5, 5.41) is 12.0. The van der Waals surface area contributed by atoms with Gasteiger partial charge in [0.05, 0.1) is 16.9 Å². The molecule has 38 heavy (non-hydrogen) atoms. The summed E-state index contributed by atoms with van der Waals surface area (Å²) in [5.41, 5.74) is -2.09. The Morgan fingerprint density at radius 1 is 1.05 bits per heavy atom. The number of carboxylic acid groups (broad SMARTS) is 1. The van der Waals surface area contributed by atoms with Crippen molar-refractivity contribution in [2.45, 2.75) is 26.4 Å². The Kier molecular flexibility index (Phi) is 6.12. The van der Waals surface area contributed by atoms with Crippen molar-refractivity contribution < 1.29 is 32.6 Å². The third-order valence-electron chi connectivity index (χ3n) is 7.06. The average molecular weight is 530 g/mol. The minimum absolute atomic E-state index is 0.0885. The minimum atomic E-state index is -1.55. The van der Waals surface area contributed by atoms with Gasteiger partial charge in [-0.2, -0.15) is 0 Å². The molecule has 5 rings (SSSR count). The van der Waals surface area contributed by atoms with Gasteiger partial charge in [0.1, 0.15) is 28.6 Å². The minimum Gasteiger partial charge on any atom is -0.477 e. The molecule has 1 saturated heterocycles. The van der Waals surface area contributed by atoms with Crippen LogP contribution in [0.25, 0.3) is 16.6 Å². The molecular formula is C27H26F3N3O5. The van der Waals surface area contributed by atoms with E-state index in [-0.39, 0.29) is 40.0 Å². The van der Waals surface area contributed by atoms with Gasteiger partial charge in [0, 0.05) is 37.3 Å². The molecule has 11 heteroatoms. The number of fused-ring (bicyclic) bond motifs is 2. The molecule has 0 radical (unpaired) electrons. The number of carbonyl (C=O) groups is 2. The van der Waals surface area contributed by atoms with Crippen LogP contribution in [0, 0.1) is 35.2 Å². The summed E-state index contributed by atoms with van der Waals surface area (Å²) in [6.07, 6.45) is 0.469. The van der Waals surface area contributed by atoms with Crippen molar-refractivity contribution in [2.24, 2.45) is 17.8 Å². The number of amides is 1. The smallest absolute Gasteiger partial charge is 0.407 e. The summed E-state index contributed by atoms with van der Waals surface area (Å²) < 4.78 is 49.9. The van der Waals surface area contributed by atoms with Gasteiger partial charge in [-0.3, -0.25) is 4.79 Å². The Balaban J connectivity index is 1.44. The number of ether oxygens (including phenoxy) is 1. The number of hydrogen-bond acceptors (Lipinski definition) is 5. The molecule has 2 aliphatic rings. The van der Waals surface area contributed by atoms with Gasteiger partial charge in [-0.1, -0.05) is 0 Å². The number of halogens is 3. The number of pyridine rings is 1. The number of alkyl carbamates (subject to hydrolysis) is 1. The van der Waals surface area contributed by atoms with E-state index in [9.17, 15) is 28.3 Å². The second kappa shape index (κ2) is 9.07. The van der Waals surface area contributed by atoms with Gasteiger partial charge < -0.3 is 24.6 Å². The highest BCUT2D eigenvalue weighted by Gasteiger charge is 2.55. The fraction of sp³-hybridized carbons (Fsp3) is 0.370. The number of hydrogen-bond donors (Lipinski definition) is 2. The number of aromatic carboxylic acids is 1. The summed E-state index contributed by atoms with van der Waals surface area (Å²) in [6, 6.07) is 5.12. The van der Waals surface area contributed by atoms with Crippen LogP contribution in [0.4, 0.5) is 23.7 Å². The Bertz CT molecular complexity index is 1520. The van der Waals surface area contributed by atoms with Crippen molar-refractivity contribution in [2.75, 3.05) is 24.5 Å². The van der Waals surface area contributed by atoms with Crippen LogP contribution in [0.15, 0.2) is 41.3 Å². The van der Waals surface area contributed by atoms with Crippen molar-refractivity contribution in [3.8, 4) is 5.69 Å². The number of anilines is 1. The fourth-order valence-electron chi connectivity index (χ4n) is 5.27. The lowest BCUT2D eigenvalue weighted by molar-refractivity contribution is 0.0523. The zero-order valence-corrected chi connectivity index (χ0v) is 20.9. The van der Waals surface area contributed by atoms with E-state index in [1.54, 1.807) is 20.8 Å². The molecule has 2 fully saturated rings. The van der Waals surface area contributed by atoms with Crippen LogP contribution in [-0.2, 0) is 4.74 Å². The number of nitrogens with one attached hydrogen (secondary N) is 1. The number of carbonyl (C=O) groups excluding carboxylic acids is 1. The molecule has 0 bridgehead atoms. The lowest BCUT2D eigenvalue weighted by atomic mass is 10.1. The molecular weight excluding hydrogens is 503 g/mol. The maximum Gasteiger partial charge on any atom is 0.407 e. The van der Waals surface area contributed by atoms with Crippen LogP contribution in [-0.4, -0.2) is 47.0 Å². The van der Waals surface area contributed by atoms with Crippen LogP contribution in [0.2, 0.25) is 0 Å². The normalized spacial score (nSPS) is 20.4. The maximum atomic E-state index is 15.3. The summed E-state index contributed by atoms with van der Waals surface area (Å²) in [7, 11) is 0. The van der Waals surface area contributed by atoms with E-state index < -0.39 is 46.1 Å². The fourth-order valence-corrected chi connectivity index (χ4v) is 5.27. The van der Waals surface area contributed by atoms with E-state index in [1.807, 2.05) is 4.90 Å². The molecule has 1 saturated carbocycles. The predicted molar refractivity (Wildman–Crippen MR) is 133 cm³/mol. The number of nitrogens with zero attached hydrogens (tertiary/aromatic N) is 2. The zero-order chi connectivity index (χ0) is 27.5. The molecule has 0 spiro atoms. The van der Waals surface area contributed by atoms with E-state index in [4.69, 9.17) is 4.74 Å². The van der Waals surface area contributed by atoms with Gasteiger partial charge in [-0.05, 0) is 62.8 Å². The van der Waals surface area contributed by atoms with Gasteiger partial charge in [-0.25, -0.2) is 22.8 Å². The Morgan fingerprint density at radius 2 is 1.71 bits per heavy atom. The van der Waals surface area contributed by atoms with E-state index in [0.29, 0.717) is 25.7 Å². The largest absolute Gasteiger partial charge is 0.477 e.